The lowest BCUT2D eigenvalue weighted by Crippen LogP contribution is -2.27. The molecule has 1 aromatic heterocycles. The van der Waals surface area contributed by atoms with Crippen molar-refractivity contribution >= 4 is 22.8 Å². The fourth-order valence-corrected chi connectivity index (χ4v) is 3.30. The van der Waals surface area contributed by atoms with Gasteiger partial charge in [-0.1, -0.05) is 39.0 Å². The molecule has 0 saturated carbocycles. The van der Waals surface area contributed by atoms with Crippen LogP contribution in [0.2, 0.25) is 0 Å². The van der Waals surface area contributed by atoms with Gasteiger partial charge in [0.25, 0.3) is 0 Å². The molecular formula is C12H20N2O2S. The highest BCUT2D eigenvalue weighted by molar-refractivity contribution is 7.15. The highest BCUT2D eigenvalue weighted by Gasteiger charge is 2.33. The van der Waals surface area contributed by atoms with E-state index < -0.39 is 0 Å². The third kappa shape index (κ3) is 3.26. The smallest absolute Gasteiger partial charge is 0.207 e. The quantitative estimate of drug-likeness (QED) is 0.627. The second kappa shape index (κ2) is 4.74. The maximum atomic E-state index is 11.0. The lowest BCUT2D eigenvalue weighted by atomic mass is 9.75. The standard InChI is InChI=1S/C12H20N2O2S/c1-8-9(17-10(13-8)14-16)12(4,5)6-11(2,3)7-15/h7,16H,6H2,1-5H3,(H,13,14). The van der Waals surface area contributed by atoms with Gasteiger partial charge in [0.15, 0.2) is 0 Å². The van der Waals surface area contributed by atoms with Gasteiger partial charge in [-0.25, -0.2) is 10.5 Å². The Balaban J connectivity index is 3.03. The fourth-order valence-electron chi connectivity index (χ4n) is 2.33. The van der Waals surface area contributed by atoms with E-state index in [4.69, 9.17) is 5.21 Å². The Hall–Kier alpha value is -0.940. The maximum absolute atomic E-state index is 11.0. The Morgan fingerprint density at radius 3 is 2.41 bits per heavy atom. The molecule has 0 bridgehead atoms. The first-order valence-corrected chi connectivity index (χ1v) is 6.38. The first-order chi connectivity index (χ1) is 7.72. The van der Waals surface area contributed by atoms with Crippen molar-refractivity contribution in [3.63, 3.8) is 0 Å². The summed E-state index contributed by atoms with van der Waals surface area (Å²) in [5.74, 6) is 0. The van der Waals surface area contributed by atoms with E-state index in [1.54, 1.807) is 0 Å². The topological polar surface area (TPSA) is 62.2 Å². The minimum absolute atomic E-state index is 0.138. The van der Waals surface area contributed by atoms with Gasteiger partial charge in [-0.2, -0.15) is 0 Å². The second-order valence-electron chi connectivity index (χ2n) is 5.71. The van der Waals surface area contributed by atoms with Gasteiger partial charge in [0, 0.05) is 15.7 Å². The minimum Gasteiger partial charge on any atom is -0.303 e. The number of carbonyl (C=O) groups excluding carboxylic acids is 1. The molecule has 1 rings (SSSR count). The van der Waals surface area contributed by atoms with Crippen molar-refractivity contribution in [2.45, 2.75) is 46.5 Å². The zero-order valence-corrected chi connectivity index (χ0v) is 11.8. The van der Waals surface area contributed by atoms with Gasteiger partial charge in [0.05, 0.1) is 5.69 Å². The zero-order chi connectivity index (χ0) is 13.3. The number of nitrogens with one attached hydrogen (secondary N) is 1. The lowest BCUT2D eigenvalue weighted by Gasteiger charge is -2.30. The molecule has 0 fully saturated rings. The normalized spacial score (nSPS) is 12.6. The molecule has 0 aliphatic rings. The summed E-state index contributed by atoms with van der Waals surface area (Å²) in [6.07, 6.45) is 1.74. The van der Waals surface area contributed by atoms with E-state index in [9.17, 15) is 4.79 Å². The molecule has 0 saturated heterocycles. The summed E-state index contributed by atoms with van der Waals surface area (Å²) in [6.45, 7) is 9.98. The largest absolute Gasteiger partial charge is 0.303 e. The van der Waals surface area contributed by atoms with Crippen molar-refractivity contribution in [2.75, 3.05) is 5.48 Å². The summed E-state index contributed by atoms with van der Waals surface area (Å²) in [7, 11) is 0. The predicted octanol–water partition coefficient (Wildman–Crippen LogP) is 3.15. The van der Waals surface area contributed by atoms with Gasteiger partial charge in [-0.15, -0.1) is 0 Å². The van der Waals surface area contributed by atoms with Crippen LogP contribution in [-0.4, -0.2) is 16.5 Å². The molecular weight excluding hydrogens is 236 g/mol. The molecule has 0 amide bonds. The molecule has 0 unspecified atom stereocenters. The lowest BCUT2D eigenvalue weighted by molar-refractivity contribution is -0.115. The molecule has 1 heterocycles. The Labute approximate surface area is 106 Å². The van der Waals surface area contributed by atoms with Crippen LogP contribution in [0.25, 0.3) is 0 Å². The number of anilines is 1. The first-order valence-electron chi connectivity index (χ1n) is 5.56. The maximum Gasteiger partial charge on any atom is 0.207 e. The van der Waals surface area contributed by atoms with Gasteiger partial charge in [-0.05, 0) is 13.3 Å². The van der Waals surface area contributed by atoms with Gasteiger partial charge >= 0.3 is 0 Å². The SMILES string of the molecule is Cc1nc(NO)sc1C(C)(C)CC(C)(C)C=O. The zero-order valence-electron chi connectivity index (χ0n) is 11.0. The summed E-state index contributed by atoms with van der Waals surface area (Å²) >= 11 is 1.43. The number of hydrogen-bond donors (Lipinski definition) is 2. The molecule has 0 atom stereocenters. The predicted molar refractivity (Wildman–Crippen MR) is 69.7 cm³/mol. The summed E-state index contributed by atoms with van der Waals surface area (Å²) in [5, 5.41) is 9.36. The Kier molecular flexibility index (Phi) is 3.94. The molecule has 4 nitrogen and oxygen atoms in total. The second-order valence-corrected chi connectivity index (χ2v) is 6.71. The Bertz CT molecular complexity index is 411. The molecule has 0 radical (unpaired) electrons. The van der Waals surface area contributed by atoms with Crippen LogP contribution in [0.4, 0.5) is 5.13 Å². The van der Waals surface area contributed by atoms with E-state index in [-0.39, 0.29) is 10.8 Å². The molecule has 0 spiro atoms. The number of rotatable bonds is 5. The number of aromatic nitrogens is 1. The van der Waals surface area contributed by atoms with E-state index >= 15 is 0 Å². The third-order valence-corrected chi connectivity index (χ3v) is 4.15. The molecule has 17 heavy (non-hydrogen) atoms. The van der Waals surface area contributed by atoms with Crippen molar-refractivity contribution < 1.29 is 10.0 Å². The Morgan fingerprint density at radius 2 is 2.00 bits per heavy atom. The van der Waals surface area contributed by atoms with Crippen LogP contribution in [0, 0.1) is 12.3 Å². The Morgan fingerprint density at radius 1 is 1.41 bits per heavy atom. The van der Waals surface area contributed by atoms with Crippen LogP contribution in [0.5, 0.6) is 0 Å². The van der Waals surface area contributed by atoms with Crippen molar-refractivity contribution in [3.8, 4) is 0 Å². The van der Waals surface area contributed by atoms with Crippen LogP contribution in [0.3, 0.4) is 0 Å². The number of hydrogen-bond acceptors (Lipinski definition) is 5. The number of nitrogens with zero attached hydrogens (tertiary/aromatic N) is 1. The van der Waals surface area contributed by atoms with Crippen LogP contribution >= 0.6 is 11.3 Å². The molecule has 5 heteroatoms. The molecule has 1 aromatic rings. The van der Waals surface area contributed by atoms with Crippen LogP contribution in [-0.2, 0) is 10.2 Å². The monoisotopic (exact) mass is 256 g/mol. The highest BCUT2D eigenvalue weighted by atomic mass is 32.1. The van der Waals surface area contributed by atoms with Crippen LogP contribution < -0.4 is 5.48 Å². The van der Waals surface area contributed by atoms with Gasteiger partial charge < -0.3 is 4.79 Å². The van der Waals surface area contributed by atoms with Crippen molar-refractivity contribution in [1.29, 1.82) is 0 Å². The van der Waals surface area contributed by atoms with E-state index in [0.717, 1.165) is 23.3 Å². The molecule has 0 aromatic carbocycles. The average Bonchev–Trinajstić information content (AvgIpc) is 2.59. The number of carbonyl (C=O) groups is 1. The van der Waals surface area contributed by atoms with E-state index in [2.05, 4.69) is 24.3 Å². The fraction of sp³-hybridized carbons (Fsp3) is 0.667. The molecule has 0 aliphatic carbocycles. The van der Waals surface area contributed by atoms with E-state index in [1.165, 1.54) is 11.3 Å². The van der Waals surface area contributed by atoms with Crippen LogP contribution in [0.15, 0.2) is 0 Å². The van der Waals surface area contributed by atoms with E-state index in [1.807, 2.05) is 20.8 Å². The summed E-state index contributed by atoms with van der Waals surface area (Å²) in [5.41, 5.74) is 2.48. The van der Waals surface area contributed by atoms with Crippen molar-refractivity contribution in [2.24, 2.45) is 5.41 Å². The van der Waals surface area contributed by atoms with Gasteiger partial charge in [0.1, 0.15) is 6.29 Å². The summed E-state index contributed by atoms with van der Waals surface area (Å²) in [6, 6.07) is 0. The highest BCUT2D eigenvalue weighted by Crippen LogP contribution is 2.40. The van der Waals surface area contributed by atoms with Crippen molar-refractivity contribution in [3.05, 3.63) is 10.6 Å². The number of aldehydes is 1. The van der Waals surface area contributed by atoms with Crippen LogP contribution in [0.1, 0.15) is 44.7 Å². The first kappa shape index (κ1) is 14.1. The summed E-state index contributed by atoms with van der Waals surface area (Å²) < 4.78 is 0. The summed E-state index contributed by atoms with van der Waals surface area (Å²) in [4.78, 5) is 16.3. The minimum atomic E-state index is -0.354. The molecule has 96 valence electrons. The molecule has 2 N–H and O–H groups in total. The number of thiazole rings is 1. The number of aryl methyl sites for hydroxylation is 1. The van der Waals surface area contributed by atoms with Gasteiger partial charge in [-0.3, -0.25) is 5.21 Å². The van der Waals surface area contributed by atoms with Crippen molar-refractivity contribution in [1.82, 2.24) is 4.98 Å². The average molecular weight is 256 g/mol. The molecule has 0 aliphatic heterocycles. The third-order valence-electron chi connectivity index (χ3n) is 2.72. The van der Waals surface area contributed by atoms with Gasteiger partial charge in [0.2, 0.25) is 5.13 Å². The van der Waals surface area contributed by atoms with E-state index in [0.29, 0.717) is 5.13 Å².